The van der Waals surface area contributed by atoms with Crippen molar-refractivity contribution in [2.45, 2.75) is 6.61 Å². The van der Waals surface area contributed by atoms with Crippen LogP contribution in [-0.4, -0.2) is 46.2 Å². The summed E-state index contributed by atoms with van der Waals surface area (Å²) in [4.78, 5) is 20.3. The summed E-state index contributed by atoms with van der Waals surface area (Å²) >= 11 is 6.50. The predicted octanol–water partition coefficient (Wildman–Crippen LogP) is 6.04. The van der Waals surface area contributed by atoms with Gasteiger partial charge in [-0.15, -0.1) is 0 Å². The van der Waals surface area contributed by atoms with Crippen molar-refractivity contribution in [2.75, 3.05) is 36.5 Å². The highest BCUT2D eigenvalue weighted by molar-refractivity contribution is 6.32. The molecule has 8 nitrogen and oxygen atoms in total. The van der Waals surface area contributed by atoms with Gasteiger partial charge in [-0.3, -0.25) is 0 Å². The lowest BCUT2D eigenvalue weighted by Crippen LogP contribution is -2.37. The quantitative estimate of drug-likeness (QED) is 0.266. The molecule has 196 valence electrons. The molecule has 6 rings (SSSR count). The van der Waals surface area contributed by atoms with Gasteiger partial charge < -0.3 is 19.7 Å². The number of hydrogen-bond donors (Lipinski definition) is 1. The number of aromatic nitrogens is 4. The van der Waals surface area contributed by atoms with E-state index in [1.54, 1.807) is 30.5 Å². The zero-order valence-corrected chi connectivity index (χ0v) is 21.6. The molecule has 0 amide bonds. The van der Waals surface area contributed by atoms with E-state index in [1.165, 1.54) is 18.5 Å². The van der Waals surface area contributed by atoms with E-state index in [9.17, 15) is 4.39 Å². The Bertz CT molecular complexity index is 1630. The zero-order valence-electron chi connectivity index (χ0n) is 20.8. The number of ether oxygens (including phenoxy) is 2. The van der Waals surface area contributed by atoms with Gasteiger partial charge in [-0.1, -0.05) is 29.8 Å². The van der Waals surface area contributed by atoms with Crippen LogP contribution in [0.1, 0.15) is 5.56 Å². The van der Waals surface area contributed by atoms with E-state index >= 15 is 0 Å². The van der Waals surface area contributed by atoms with Gasteiger partial charge in [-0.05, 0) is 54.1 Å². The number of fused-ring (bicyclic) bond motifs is 1. The fraction of sp³-hybridized carbons (Fsp3) is 0.172. The minimum atomic E-state index is -0.306. The first-order valence-corrected chi connectivity index (χ1v) is 12.8. The summed E-state index contributed by atoms with van der Waals surface area (Å²) in [6, 6.07) is 19.5. The molecule has 1 aliphatic heterocycles. The molecular weight excluding hydrogens is 519 g/mol. The Kier molecular flexibility index (Phi) is 7.16. The molecule has 0 atom stereocenters. The van der Waals surface area contributed by atoms with E-state index in [2.05, 4.69) is 25.2 Å². The molecule has 1 fully saturated rings. The molecule has 10 heteroatoms. The van der Waals surface area contributed by atoms with Crippen LogP contribution in [0.4, 0.5) is 21.8 Å². The first-order valence-electron chi connectivity index (χ1n) is 12.5. The molecule has 3 heterocycles. The molecule has 0 saturated carbocycles. The van der Waals surface area contributed by atoms with E-state index in [0.717, 1.165) is 46.5 Å². The van der Waals surface area contributed by atoms with Crippen LogP contribution in [-0.2, 0) is 11.3 Å². The maximum absolute atomic E-state index is 13.4. The minimum absolute atomic E-state index is 0.208. The number of rotatable bonds is 7. The zero-order chi connectivity index (χ0) is 26.6. The molecular formula is C29H24ClFN6O2. The van der Waals surface area contributed by atoms with Gasteiger partial charge in [0, 0.05) is 35.9 Å². The molecule has 1 N–H and O–H groups in total. The second-order valence-electron chi connectivity index (χ2n) is 8.98. The van der Waals surface area contributed by atoms with Gasteiger partial charge in [0.25, 0.3) is 0 Å². The molecule has 0 bridgehead atoms. The lowest BCUT2D eigenvalue weighted by atomic mass is 10.1. The molecule has 0 unspecified atom stereocenters. The number of halogens is 2. The van der Waals surface area contributed by atoms with Gasteiger partial charge in [-0.25, -0.2) is 24.3 Å². The van der Waals surface area contributed by atoms with Gasteiger partial charge in [0.05, 0.1) is 29.4 Å². The third kappa shape index (κ3) is 5.74. The summed E-state index contributed by atoms with van der Waals surface area (Å²) in [6.07, 6.45) is 3.29. The number of benzene rings is 3. The topological polar surface area (TPSA) is 85.3 Å². The third-order valence-corrected chi connectivity index (χ3v) is 6.64. The van der Waals surface area contributed by atoms with Crippen molar-refractivity contribution in [3.05, 3.63) is 95.7 Å². The predicted molar refractivity (Wildman–Crippen MR) is 149 cm³/mol. The van der Waals surface area contributed by atoms with Crippen LogP contribution in [0.15, 0.2) is 79.3 Å². The number of anilines is 3. The van der Waals surface area contributed by atoms with Crippen molar-refractivity contribution in [3.63, 3.8) is 0 Å². The smallest absolute Gasteiger partial charge is 0.226 e. The second kappa shape index (κ2) is 11.2. The van der Waals surface area contributed by atoms with Crippen LogP contribution < -0.4 is 15.0 Å². The minimum Gasteiger partial charge on any atom is -0.487 e. The number of hydrogen-bond acceptors (Lipinski definition) is 8. The Morgan fingerprint density at radius 3 is 2.72 bits per heavy atom. The average Bonchev–Trinajstić information content (AvgIpc) is 2.97. The molecule has 1 aliphatic rings. The first-order chi connectivity index (χ1) is 19.1. The van der Waals surface area contributed by atoms with Crippen molar-refractivity contribution in [3.8, 4) is 17.0 Å². The van der Waals surface area contributed by atoms with Crippen molar-refractivity contribution in [1.29, 1.82) is 0 Å². The van der Waals surface area contributed by atoms with E-state index in [-0.39, 0.29) is 12.4 Å². The van der Waals surface area contributed by atoms with E-state index in [4.69, 9.17) is 26.1 Å². The second-order valence-corrected chi connectivity index (χ2v) is 9.39. The maximum Gasteiger partial charge on any atom is 0.226 e. The number of nitrogens with zero attached hydrogens (tertiary/aromatic N) is 5. The number of morpholine rings is 1. The highest BCUT2D eigenvalue weighted by Gasteiger charge is 2.15. The van der Waals surface area contributed by atoms with Gasteiger partial charge in [-0.2, -0.15) is 0 Å². The van der Waals surface area contributed by atoms with Crippen LogP contribution in [0, 0.1) is 5.82 Å². The fourth-order valence-electron chi connectivity index (χ4n) is 4.36. The van der Waals surface area contributed by atoms with Gasteiger partial charge >= 0.3 is 0 Å². The first kappa shape index (κ1) is 25.0. The van der Waals surface area contributed by atoms with Gasteiger partial charge in [0.2, 0.25) is 5.95 Å². The summed E-state index contributed by atoms with van der Waals surface area (Å²) in [5, 5.41) is 4.60. The van der Waals surface area contributed by atoms with E-state index in [1.807, 2.05) is 30.3 Å². The molecule has 5 aromatic rings. The molecule has 1 saturated heterocycles. The summed E-state index contributed by atoms with van der Waals surface area (Å²) in [5.74, 6) is 1.52. The number of nitrogens with one attached hydrogen (secondary N) is 1. The van der Waals surface area contributed by atoms with Gasteiger partial charge in [0.15, 0.2) is 0 Å². The molecule has 39 heavy (non-hydrogen) atoms. The standard InChI is InChI=1S/C29H24ClFN6O2/c30-24-16-22(5-7-27(24)39-17-19-2-1-3-21(31)14-19)35-28-23-15-20(4-6-26(23)33-18-34-28)25-8-9-32-29(36-25)37-10-12-38-13-11-37/h1-9,14-16,18H,10-13,17H2,(H,33,34,35). The van der Waals surface area contributed by atoms with Gasteiger partial charge in [0.1, 0.15) is 30.3 Å². The normalized spacial score (nSPS) is 13.4. The highest BCUT2D eigenvalue weighted by atomic mass is 35.5. The highest BCUT2D eigenvalue weighted by Crippen LogP contribution is 2.32. The Hall–Kier alpha value is -4.34. The van der Waals surface area contributed by atoms with Crippen LogP contribution in [0.5, 0.6) is 5.75 Å². The lowest BCUT2D eigenvalue weighted by Gasteiger charge is -2.26. The Morgan fingerprint density at radius 1 is 0.974 bits per heavy atom. The molecule has 2 aromatic heterocycles. The summed E-state index contributed by atoms with van der Waals surface area (Å²) in [5.41, 5.74) is 3.99. The Balaban J connectivity index is 1.23. The van der Waals surface area contributed by atoms with E-state index < -0.39 is 0 Å². The van der Waals surface area contributed by atoms with Crippen LogP contribution in [0.25, 0.3) is 22.2 Å². The SMILES string of the molecule is Fc1cccc(COc2ccc(Nc3ncnc4ccc(-c5ccnc(N6CCOCC6)n5)cc34)cc2Cl)c1. The molecule has 0 aliphatic carbocycles. The summed E-state index contributed by atoms with van der Waals surface area (Å²) in [7, 11) is 0. The van der Waals surface area contributed by atoms with Crippen molar-refractivity contribution in [2.24, 2.45) is 0 Å². The summed E-state index contributed by atoms with van der Waals surface area (Å²) < 4.78 is 24.7. The Labute approximate surface area is 229 Å². The van der Waals surface area contributed by atoms with Crippen LogP contribution >= 0.6 is 11.6 Å². The third-order valence-electron chi connectivity index (χ3n) is 6.35. The molecule has 0 radical (unpaired) electrons. The largest absolute Gasteiger partial charge is 0.487 e. The fourth-order valence-corrected chi connectivity index (χ4v) is 4.60. The monoisotopic (exact) mass is 542 g/mol. The van der Waals surface area contributed by atoms with Crippen molar-refractivity contribution >= 4 is 40.0 Å². The van der Waals surface area contributed by atoms with Crippen LogP contribution in [0.3, 0.4) is 0 Å². The molecule has 3 aromatic carbocycles. The molecule has 0 spiro atoms. The van der Waals surface area contributed by atoms with Crippen LogP contribution in [0.2, 0.25) is 5.02 Å². The maximum atomic E-state index is 13.4. The average molecular weight is 543 g/mol. The lowest BCUT2D eigenvalue weighted by molar-refractivity contribution is 0.122. The summed E-state index contributed by atoms with van der Waals surface area (Å²) in [6.45, 7) is 3.07. The van der Waals surface area contributed by atoms with Crippen molar-refractivity contribution < 1.29 is 13.9 Å². The van der Waals surface area contributed by atoms with E-state index in [0.29, 0.717) is 35.8 Å². The Morgan fingerprint density at radius 2 is 1.87 bits per heavy atom. The van der Waals surface area contributed by atoms with Crippen molar-refractivity contribution in [1.82, 2.24) is 19.9 Å².